The third-order valence-electron chi connectivity index (χ3n) is 9.30. The molecule has 1 unspecified atom stereocenters. The normalized spacial score (nSPS) is 18.4. The molecule has 2 aromatic heterocycles. The summed E-state index contributed by atoms with van der Waals surface area (Å²) in [4.78, 5) is 56.7. The van der Waals surface area contributed by atoms with Crippen molar-refractivity contribution in [1.29, 1.82) is 0 Å². The first-order chi connectivity index (χ1) is 23.4. The number of nitrogens with two attached hydrogens (primary N) is 2. The van der Waals surface area contributed by atoms with E-state index in [-0.39, 0.29) is 46.8 Å². The summed E-state index contributed by atoms with van der Waals surface area (Å²) in [5.41, 5.74) is 17.1. The van der Waals surface area contributed by atoms with Crippen molar-refractivity contribution in [3.63, 3.8) is 0 Å². The maximum Gasteiger partial charge on any atom is 0.269 e. The minimum atomic E-state index is -1.39. The van der Waals surface area contributed by atoms with E-state index >= 15 is 0 Å². The molecule has 2 aliphatic heterocycles. The number of amides is 2. The first-order valence-electron chi connectivity index (χ1n) is 15.8. The number of carbonyl (C=O) groups is 4. The van der Waals surface area contributed by atoms with Gasteiger partial charge < -0.3 is 37.2 Å². The highest BCUT2D eigenvalue weighted by atomic mass is 16.2. The molecule has 0 spiro atoms. The van der Waals surface area contributed by atoms with E-state index in [1.54, 1.807) is 36.5 Å². The molecule has 4 heterocycles. The van der Waals surface area contributed by atoms with E-state index in [0.29, 0.717) is 36.3 Å². The maximum absolute atomic E-state index is 12.6. The van der Waals surface area contributed by atoms with Crippen LogP contribution < -0.4 is 32.3 Å². The van der Waals surface area contributed by atoms with Gasteiger partial charge in [0.25, 0.3) is 5.91 Å². The molecule has 4 radical (unpaired) electrons. The molecule has 1 aliphatic carbocycles. The van der Waals surface area contributed by atoms with E-state index in [1.807, 2.05) is 28.5 Å². The third kappa shape index (κ3) is 6.19. The van der Waals surface area contributed by atoms with Gasteiger partial charge in [0.05, 0.1) is 56.7 Å². The molecular weight excluding hydrogens is 622 g/mol. The average Bonchev–Trinajstić information content (AvgIpc) is 3.84. The Labute approximate surface area is 286 Å². The van der Waals surface area contributed by atoms with Crippen molar-refractivity contribution < 1.29 is 19.2 Å². The number of rotatable bonds is 11. The molecule has 6 rings (SSSR count). The molecular formula is C33H36B2N10O4. The van der Waals surface area contributed by atoms with Gasteiger partial charge in [0.2, 0.25) is 5.91 Å². The number of likely N-dealkylation sites (N-methyl/N-ethyl adjacent to an activating group) is 1. The molecule has 1 atom stereocenters. The van der Waals surface area contributed by atoms with Gasteiger partial charge in [-0.3, -0.25) is 23.9 Å². The van der Waals surface area contributed by atoms with Crippen LogP contribution in [0.25, 0.3) is 11.1 Å². The van der Waals surface area contributed by atoms with Gasteiger partial charge in [0.15, 0.2) is 6.29 Å². The van der Waals surface area contributed by atoms with E-state index in [4.69, 9.17) is 32.3 Å². The minimum Gasteiger partial charge on any atom is -0.393 e. The largest absolute Gasteiger partial charge is 0.393 e. The Bertz CT molecular complexity index is 1910. The number of fused-ring (bicyclic) bond motifs is 3. The smallest absolute Gasteiger partial charge is 0.269 e. The van der Waals surface area contributed by atoms with Gasteiger partial charge in [-0.15, -0.1) is 0 Å². The standard InChI is InChI=1S/C33H36B2N10O4/c1-17-29-23(12-39-45(29)21-13-44(14-21)33(34,35)26-6-4-5-20(16-47)40-26)22-9-18(15-46)10-25(30(22)43(17)3)41-24(28(37)32(49)38-2)11-27(36)42-31(48)19-7-8-19/h4-6,9-12,15-17,19,21,41H,7-8,13-14,36-37H2,1-3H3,(H,38,49)(H,42,48)/b27-11+,28-24+. The second kappa shape index (κ2) is 12.9. The lowest BCUT2D eigenvalue weighted by Crippen LogP contribution is -2.60. The number of anilines is 2. The summed E-state index contributed by atoms with van der Waals surface area (Å²) in [6.45, 7) is 3.01. The molecule has 16 heteroatoms. The minimum absolute atomic E-state index is 0.0118. The summed E-state index contributed by atoms with van der Waals surface area (Å²) < 4.78 is 1.96. The molecule has 0 bridgehead atoms. The Hall–Kier alpha value is -5.37. The van der Waals surface area contributed by atoms with Crippen LogP contribution in [0.4, 0.5) is 11.4 Å². The lowest BCUT2D eigenvalue weighted by Gasteiger charge is -2.50. The van der Waals surface area contributed by atoms with Crippen LogP contribution in [0.1, 0.15) is 64.1 Å². The predicted molar refractivity (Wildman–Crippen MR) is 185 cm³/mol. The topological polar surface area (TPSA) is 194 Å². The fraction of sp³-hybridized carbons (Fsp3) is 0.333. The molecule has 3 aliphatic rings. The number of benzene rings is 1. The Morgan fingerprint density at radius 2 is 1.82 bits per heavy atom. The molecule has 248 valence electrons. The molecule has 1 saturated carbocycles. The number of likely N-dealkylation sites (tertiary alicyclic amines) is 1. The molecule has 2 amide bonds. The number of aromatic nitrogens is 3. The van der Waals surface area contributed by atoms with Crippen LogP contribution in [0, 0.1) is 5.92 Å². The highest BCUT2D eigenvalue weighted by Crippen LogP contribution is 2.49. The monoisotopic (exact) mass is 658 g/mol. The van der Waals surface area contributed by atoms with E-state index in [9.17, 15) is 19.2 Å². The van der Waals surface area contributed by atoms with Crippen molar-refractivity contribution in [3.05, 3.63) is 82.5 Å². The van der Waals surface area contributed by atoms with Gasteiger partial charge in [-0.2, -0.15) is 5.10 Å². The molecule has 1 saturated heterocycles. The molecule has 3 aromatic rings. The van der Waals surface area contributed by atoms with Gasteiger partial charge in [0, 0.05) is 61.6 Å². The van der Waals surface area contributed by atoms with E-state index in [0.717, 1.165) is 41.6 Å². The van der Waals surface area contributed by atoms with Gasteiger partial charge >= 0.3 is 0 Å². The summed E-state index contributed by atoms with van der Waals surface area (Å²) in [7, 11) is 16.4. The first-order valence-corrected chi connectivity index (χ1v) is 15.8. The van der Waals surface area contributed by atoms with Crippen molar-refractivity contribution in [3.8, 4) is 11.1 Å². The van der Waals surface area contributed by atoms with Crippen molar-refractivity contribution in [1.82, 2.24) is 30.3 Å². The highest BCUT2D eigenvalue weighted by molar-refractivity contribution is 6.39. The first kappa shape index (κ1) is 33.5. The summed E-state index contributed by atoms with van der Waals surface area (Å²) in [5, 5.41) is 11.8. The van der Waals surface area contributed by atoms with Crippen molar-refractivity contribution in [2.45, 2.75) is 37.2 Å². The van der Waals surface area contributed by atoms with Gasteiger partial charge in [-0.05, 0) is 49.4 Å². The van der Waals surface area contributed by atoms with Crippen molar-refractivity contribution >= 4 is 51.5 Å². The number of hydrogen-bond acceptors (Lipinski definition) is 11. The SMILES string of the molecule is [B]C([B])(c1cccc(C=O)n1)N1CC(n2ncc3c2C(C)N(C)c2c(NC(/C=C(\N)NC(=O)C4CC4)=C(/N)C(=O)NC)cc(C=O)cc2-3)C1. The fourth-order valence-corrected chi connectivity index (χ4v) is 6.25. The average molecular weight is 658 g/mol. The van der Waals surface area contributed by atoms with E-state index in [1.165, 1.54) is 13.1 Å². The lowest BCUT2D eigenvalue weighted by atomic mass is 9.57. The van der Waals surface area contributed by atoms with E-state index < -0.39 is 11.2 Å². The van der Waals surface area contributed by atoms with Crippen LogP contribution in [0.2, 0.25) is 0 Å². The number of carbonyl (C=O) groups excluding carboxylic acids is 4. The zero-order chi connectivity index (χ0) is 35.2. The molecule has 2 fully saturated rings. The van der Waals surface area contributed by atoms with Crippen molar-refractivity contribution in [2.75, 3.05) is 37.4 Å². The van der Waals surface area contributed by atoms with Crippen LogP contribution in [-0.4, -0.2) is 86.9 Å². The second-order valence-corrected chi connectivity index (χ2v) is 12.6. The van der Waals surface area contributed by atoms with Gasteiger partial charge in [-0.25, -0.2) is 4.98 Å². The number of allylic oxidation sites excluding steroid dienone is 1. The molecule has 1 aromatic carbocycles. The quantitative estimate of drug-likeness (QED) is 0.0845. The van der Waals surface area contributed by atoms with Gasteiger partial charge in [-0.1, -0.05) is 6.07 Å². The van der Waals surface area contributed by atoms with Crippen LogP contribution >= 0.6 is 0 Å². The number of nitrogens with zero attached hydrogens (tertiary/aromatic N) is 5. The van der Waals surface area contributed by atoms with Crippen LogP contribution in [0.5, 0.6) is 0 Å². The zero-order valence-corrected chi connectivity index (χ0v) is 27.4. The number of pyridine rings is 1. The Morgan fingerprint density at radius 1 is 1.08 bits per heavy atom. The molecule has 49 heavy (non-hydrogen) atoms. The lowest BCUT2D eigenvalue weighted by molar-refractivity contribution is -0.121. The summed E-state index contributed by atoms with van der Waals surface area (Å²) in [6, 6.07) is 8.17. The van der Waals surface area contributed by atoms with Crippen LogP contribution in [0.15, 0.2) is 59.8 Å². The highest BCUT2D eigenvalue weighted by Gasteiger charge is 2.42. The predicted octanol–water partition coefficient (Wildman–Crippen LogP) is 0.740. The number of nitrogens with one attached hydrogen (secondary N) is 3. The second-order valence-electron chi connectivity index (χ2n) is 12.6. The Morgan fingerprint density at radius 3 is 2.47 bits per heavy atom. The molecule has 14 nitrogen and oxygen atoms in total. The van der Waals surface area contributed by atoms with Crippen molar-refractivity contribution in [2.24, 2.45) is 17.4 Å². The Kier molecular flexibility index (Phi) is 8.84. The maximum atomic E-state index is 12.6. The van der Waals surface area contributed by atoms with Crippen LogP contribution in [0.3, 0.4) is 0 Å². The number of hydrogen-bond donors (Lipinski definition) is 5. The zero-order valence-electron chi connectivity index (χ0n) is 27.4. The fourth-order valence-electron chi connectivity index (χ4n) is 6.25. The number of aldehydes is 2. The van der Waals surface area contributed by atoms with Crippen LogP contribution in [-0.2, 0) is 14.9 Å². The Balaban J connectivity index is 1.33. The van der Waals surface area contributed by atoms with Gasteiger partial charge in [0.1, 0.15) is 23.5 Å². The summed E-state index contributed by atoms with van der Waals surface area (Å²) in [5.74, 6) is -0.838. The third-order valence-corrected chi connectivity index (χ3v) is 9.30. The molecule has 7 N–H and O–H groups in total. The summed E-state index contributed by atoms with van der Waals surface area (Å²) in [6.07, 6.45) is 6.13. The summed E-state index contributed by atoms with van der Waals surface area (Å²) >= 11 is 0. The van der Waals surface area contributed by atoms with E-state index in [2.05, 4.69) is 20.9 Å².